The predicted molar refractivity (Wildman–Crippen MR) is 91.6 cm³/mol. The van der Waals surface area contributed by atoms with E-state index in [0.29, 0.717) is 18.0 Å². The summed E-state index contributed by atoms with van der Waals surface area (Å²) in [6.07, 6.45) is 1.46. The molecule has 2 aromatic rings. The molecule has 24 heavy (non-hydrogen) atoms. The average molecular weight is 332 g/mol. The maximum atomic E-state index is 13.5. The summed E-state index contributed by atoms with van der Waals surface area (Å²) in [6, 6.07) is 3.71. The van der Waals surface area contributed by atoms with Crippen LogP contribution in [0.5, 0.6) is 11.8 Å². The van der Waals surface area contributed by atoms with Crippen molar-refractivity contribution >= 4 is 0 Å². The molecular weight excluding hydrogens is 307 g/mol. The highest BCUT2D eigenvalue weighted by Gasteiger charge is 2.20. The monoisotopic (exact) mass is 332 g/mol. The Kier molecular flexibility index (Phi) is 5.49. The van der Waals surface area contributed by atoms with Crippen LogP contribution < -0.4 is 4.74 Å². The van der Waals surface area contributed by atoms with Crippen molar-refractivity contribution in [2.24, 2.45) is 0 Å². The van der Waals surface area contributed by atoms with E-state index >= 15 is 0 Å². The molecule has 0 spiro atoms. The number of halogens is 1. The lowest BCUT2D eigenvalue weighted by Crippen LogP contribution is -2.37. The standard InChI is InChI=1S/C18H25FN4O/c1-7-14-12(2)8-9-15(21-14)24-16-13(10-20-17(19)22-16)11-23(6)18(3,4)5/h8-10H,7,11H2,1-6H3. The van der Waals surface area contributed by atoms with Gasteiger partial charge in [0.15, 0.2) is 0 Å². The molecule has 0 aliphatic heterocycles. The quantitative estimate of drug-likeness (QED) is 0.777. The molecule has 0 saturated carbocycles. The Bertz CT molecular complexity index is 713. The van der Waals surface area contributed by atoms with E-state index in [1.54, 1.807) is 6.07 Å². The van der Waals surface area contributed by atoms with E-state index in [-0.39, 0.29) is 11.4 Å². The van der Waals surface area contributed by atoms with Gasteiger partial charge in [-0.05, 0) is 46.7 Å². The summed E-state index contributed by atoms with van der Waals surface area (Å²) < 4.78 is 19.3. The highest BCUT2D eigenvalue weighted by molar-refractivity contribution is 5.30. The van der Waals surface area contributed by atoms with Crippen LogP contribution in [0, 0.1) is 13.0 Å². The molecule has 5 nitrogen and oxygen atoms in total. The Morgan fingerprint density at radius 2 is 1.92 bits per heavy atom. The van der Waals surface area contributed by atoms with Crippen LogP contribution in [0.3, 0.4) is 0 Å². The van der Waals surface area contributed by atoms with Crippen molar-refractivity contribution in [3.63, 3.8) is 0 Å². The summed E-state index contributed by atoms with van der Waals surface area (Å²) in [5.74, 6) is 0.618. The first kappa shape index (κ1) is 18.3. The molecule has 0 atom stereocenters. The molecule has 0 aliphatic carbocycles. The van der Waals surface area contributed by atoms with Crippen molar-refractivity contribution in [2.75, 3.05) is 7.05 Å². The fraction of sp³-hybridized carbons (Fsp3) is 0.500. The van der Waals surface area contributed by atoms with E-state index in [2.05, 4.69) is 40.6 Å². The smallest absolute Gasteiger partial charge is 0.311 e. The maximum Gasteiger partial charge on any atom is 0.311 e. The Balaban J connectivity index is 2.31. The molecule has 0 fully saturated rings. The minimum absolute atomic E-state index is 0.0385. The van der Waals surface area contributed by atoms with Gasteiger partial charge in [-0.1, -0.05) is 13.0 Å². The minimum atomic E-state index is -0.810. The van der Waals surface area contributed by atoms with Crippen molar-refractivity contribution in [3.8, 4) is 11.8 Å². The van der Waals surface area contributed by atoms with Gasteiger partial charge in [-0.15, -0.1) is 0 Å². The molecule has 0 bridgehead atoms. The minimum Gasteiger partial charge on any atom is -0.420 e. The lowest BCUT2D eigenvalue weighted by Gasteiger charge is -2.31. The molecule has 130 valence electrons. The number of aromatic nitrogens is 3. The van der Waals surface area contributed by atoms with Crippen molar-refractivity contribution in [1.82, 2.24) is 19.9 Å². The first-order valence-electron chi connectivity index (χ1n) is 8.07. The molecule has 0 aromatic carbocycles. The third-order valence-corrected chi connectivity index (χ3v) is 4.06. The van der Waals surface area contributed by atoms with Crippen molar-refractivity contribution in [1.29, 1.82) is 0 Å². The number of ether oxygens (including phenoxy) is 1. The molecule has 0 N–H and O–H groups in total. The van der Waals surface area contributed by atoms with E-state index < -0.39 is 6.08 Å². The van der Waals surface area contributed by atoms with Gasteiger partial charge in [0.2, 0.25) is 11.8 Å². The van der Waals surface area contributed by atoms with Crippen LogP contribution in [0.4, 0.5) is 4.39 Å². The normalized spacial score (nSPS) is 11.8. The number of aryl methyl sites for hydroxylation is 2. The lowest BCUT2D eigenvalue weighted by atomic mass is 10.1. The number of hydrogen-bond donors (Lipinski definition) is 0. The molecule has 6 heteroatoms. The van der Waals surface area contributed by atoms with Crippen LogP contribution in [0.2, 0.25) is 0 Å². The van der Waals surface area contributed by atoms with Gasteiger partial charge in [-0.3, -0.25) is 4.90 Å². The molecule has 2 aromatic heterocycles. The van der Waals surface area contributed by atoms with Crippen LogP contribution in [0.15, 0.2) is 18.3 Å². The van der Waals surface area contributed by atoms with Crippen molar-refractivity contribution < 1.29 is 9.13 Å². The van der Waals surface area contributed by atoms with Gasteiger partial charge in [0, 0.05) is 35.6 Å². The molecule has 0 amide bonds. The molecule has 0 radical (unpaired) electrons. The van der Waals surface area contributed by atoms with Gasteiger partial charge >= 0.3 is 6.08 Å². The highest BCUT2D eigenvalue weighted by atomic mass is 19.1. The predicted octanol–water partition coefficient (Wildman–Crippen LogP) is 3.90. The van der Waals surface area contributed by atoms with Crippen LogP contribution in [-0.4, -0.2) is 32.4 Å². The molecule has 0 saturated heterocycles. The Morgan fingerprint density at radius 3 is 2.54 bits per heavy atom. The second kappa shape index (κ2) is 7.21. The third-order valence-electron chi connectivity index (χ3n) is 4.06. The Labute approximate surface area is 142 Å². The van der Waals surface area contributed by atoms with Gasteiger partial charge in [0.25, 0.3) is 0 Å². The fourth-order valence-corrected chi connectivity index (χ4v) is 2.13. The van der Waals surface area contributed by atoms with E-state index in [9.17, 15) is 4.39 Å². The van der Waals surface area contributed by atoms with Crippen molar-refractivity contribution in [2.45, 2.75) is 53.1 Å². The summed E-state index contributed by atoms with van der Waals surface area (Å²) >= 11 is 0. The van der Waals surface area contributed by atoms with Gasteiger partial charge < -0.3 is 4.74 Å². The van der Waals surface area contributed by atoms with E-state index in [4.69, 9.17) is 4.74 Å². The summed E-state index contributed by atoms with van der Waals surface area (Å²) in [5.41, 5.74) is 2.74. The SMILES string of the molecule is CCc1nc(Oc2nc(F)ncc2CN(C)C(C)(C)C)ccc1C. The number of hydrogen-bond acceptors (Lipinski definition) is 5. The van der Waals surface area contributed by atoms with Gasteiger partial charge in [0.05, 0.1) is 0 Å². The third kappa shape index (κ3) is 4.47. The van der Waals surface area contributed by atoms with Gasteiger partial charge in [-0.25, -0.2) is 9.97 Å². The van der Waals surface area contributed by atoms with Crippen LogP contribution in [0.1, 0.15) is 44.5 Å². The Hall–Kier alpha value is -2.08. The highest BCUT2D eigenvalue weighted by Crippen LogP contribution is 2.25. The number of nitrogens with zero attached hydrogens (tertiary/aromatic N) is 4. The second-order valence-corrected chi connectivity index (χ2v) is 6.87. The Morgan fingerprint density at radius 1 is 1.21 bits per heavy atom. The fourth-order valence-electron chi connectivity index (χ4n) is 2.13. The van der Waals surface area contributed by atoms with Crippen LogP contribution in [-0.2, 0) is 13.0 Å². The molecule has 2 rings (SSSR count). The number of rotatable bonds is 5. The largest absolute Gasteiger partial charge is 0.420 e. The molecule has 0 aliphatic rings. The molecular formula is C18H25FN4O. The van der Waals surface area contributed by atoms with Crippen LogP contribution >= 0.6 is 0 Å². The zero-order chi connectivity index (χ0) is 17.9. The summed E-state index contributed by atoms with van der Waals surface area (Å²) in [6.45, 7) is 10.9. The molecule has 2 heterocycles. The first-order chi connectivity index (χ1) is 11.2. The van der Waals surface area contributed by atoms with E-state index in [1.165, 1.54) is 6.20 Å². The maximum absolute atomic E-state index is 13.5. The van der Waals surface area contributed by atoms with Gasteiger partial charge in [-0.2, -0.15) is 9.37 Å². The summed E-state index contributed by atoms with van der Waals surface area (Å²) in [7, 11) is 1.99. The average Bonchev–Trinajstić information content (AvgIpc) is 2.50. The zero-order valence-corrected chi connectivity index (χ0v) is 15.2. The lowest BCUT2D eigenvalue weighted by molar-refractivity contribution is 0.165. The topological polar surface area (TPSA) is 51.1 Å². The van der Waals surface area contributed by atoms with E-state index in [1.807, 2.05) is 27.0 Å². The zero-order valence-electron chi connectivity index (χ0n) is 15.2. The van der Waals surface area contributed by atoms with Gasteiger partial charge in [0.1, 0.15) is 0 Å². The number of pyridine rings is 1. The van der Waals surface area contributed by atoms with E-state index in [0.717, 1.165) is 17.7 Å². The second-order valence-electron chi connectivity index (χ2n) is 6.87. The van der Waals surface area contributed by atoms with Crippen LogP contribution in [0.25, 0.3) is 0 Å². The summed E-state index contributed by atoms with van der Waals surface area (Å²) in [5, 5.41) is 0. The summed E-state index contributed by atoms with van der Waals surface area (Å²) in [4.78, 5) is 14.1. The first-order valence-corrected chi connectivity index (χ1v) is 8.07. The van der Waals surface area contributed by atoms with Crippen molar-refractivity contribution in [3.05, 3.63) is 41.2 Å². The molecule has 0 unspecified atom stereocenters.